The van der Waals surface area contributed by atoms with Crippen molar-refractivity contribution in [1.29, 1.82) is 0 Å². The minimum absolute atomic E-state index is 0.196. The molecule has 0 heterocycles. The van der Waals surface area contributed by atoms with Crippen LogP contribution in [-0.4, -0.2) is 25.7 Å². The molecule has 2 N–H and O–H groups in total. The Morgan fingerprint density at radius 3 is 2.24 bits per heavy atom. The van der Waals surface area contributed by atoms with Crippen molar-refractivity contribution in [1.82, 2.24) is 10.6 Å². The molecule has 0 radical (unpaired) electrons. The van der Waals surface area contributed by atoms with E-state index >= 15 is 0 Å². The lowest BCUT2D eigenvalue weighted by molar-refractivity contribution is 0.414. The van der Waals surface area contributed by atoms with Gasteiger partial charge in [-0.05, 0) is 38.5 Å². The van der Waals surface area contributed by atoms with Gasteiger partial charge in [0.15, 0.2) is 0 Å². The van der Waals surface area contributed by atoms with Gasteiger partial charge in [0, 0.05) is 25.2 Å². The van der Waals surface area contributed by atoms with Crippen molar-refractivity contribution < 1.29 is 4.74 Å². The van der Waals surface area contributed by atoms with E-state index in [1.165, 1.54) is 5.56 Å². The molecule has 1 rings (SSSR count). The van der Waals surface area contributed by atoms with Crippen molar-refractivity contribution in [3.8, 4) is 5.75 Å². The van der Waals surface area contributed by atoms with Crippen LogP contribution in [0, 0.1) is 0 Å². The Morgan fingerprint density at radius 2 is 1.71 bits per heavy atom. The first-order valence-corrected chi connectivity index (χ1v) is 6.10. The third-order valence-electron chi connectivity index (χ3n) is 2.45. The zero-order valence-corrected chi connectivity index (χ0v) is 11.3. The van der Waals surface area contributed by atoms with E-state index in [0.717, 1.165) is 25.4 Å². The van der Waals surface area contributed by atoms with Gasteiger partial charge in [-0.25, -0.2) is 0 Å². The highest BCUT2D eigenvalue weighted by Gasteiger charge is 2.06. The van der Waals surface area contributed by atoms with Crippen molar-refractivity contribution in [2.75, 3.05) is 20.2 Å². The van der Waals surface area contributed by atoms with Crippen LogP contribution in [0.15, 0.2) is 24.3 Å². The molecule has 96 valence electrons. The van der Waals surface area contributed by atoms with Crippen LogP contribution >= 0.6 is 0 Å². The van der Waals surface area contributed by atoms with E-state index in [0.29, 0.717) is 0 Å². The Labute approximate surface area is 105 Å². The lowest BCUT2D eigenvalue weighted by Crippen LogP contribution is -2.40. The molecular weight excluding hydrogens is 212 g/mol. The molecule has 3 heteroatoms. The highest BCUT2D eigenvalue weighted by atomic mass is 16.5. The fraction of sp³-hybridized carbons (Fsp3) is 0.571. The lowest BCUT2D eigenvalue weighted by Gasteiger charge is -2.20. The summed E-state index contributed by atoms with van der Waals surface area (Å²) in [6.07, 6.45) is 0. The van der Waals surface area contributed by atoms with E-state index in [1.807, 2.05) is 12.1 Å². The fourth-order valence-electron chi connectivity index (χ4n) is 1.50. The fourth-order valence-corrected chi connectivity index (χ4v) is 1.50. The van der Waals surface area contributed by atoms with Crippen molar-refractivity contribution in [2.45, 2.75) is 32.9 Å². The van der Waals surface area contributed by atoms with Crippen LogP contribution < -0.4 is 15.4 Å². The monoisotopic (exact) mass is 236 g/mol. The lowest BCUT2D eigenvalue weighted by atomic mass is 10.1. The van der Waals surface area contributed by atoms with Crippen LogP contribution in [0.2, 0.25) is 0 Å². The molecule has 1 aromatic carbocycles. The molecule has 0 atom stereocenters. The SMILES string of the molecule is COc1ccc(CNCCNC(C)(C)C)cc1. The minimum Gasteiger partial charge on any atom is -0.497 e. The zero-order valence-electron chi connectivity index (χ0n) is 11.3. The maximum Gasteiger partial charge on any atom is 0.118 e. The molecule has 0 bridgehead atoms. The molecule has 0 saturated carbocycles. The minimum atomic E-state index is 0.196. The van der Waals surface area contributed by atoms with Gasteiger partial charge < -0.3 is 15.4 Å². The van der Waals surface area contributed by atoms with E-state index in [-0.39, 0.29) is 5.54 Å². The molecule has 0 aliphatic carbocycles. The number of rotatable bonds is 6. The molecule has 3 nitrogen and oxygen atoms in total. The summed E-state index contributed by atoms with van der Waals surface area (Å²) in [5, 5.41) is 6.85. The molecule has 1 aromatic rings. The zero-order chi connectivity index (χ0) is 12.7. The van der Waals surface area contributed by atoms with Gasteiger partial charge in [-0.2, -0.15) is 0 Å². The summed E-state index contributed by atoms with van der Waals surface area (Å²) in [6, 6.07) is 8.15. The number of methoxy groups -OCH3 is 1. The van der Waals surface area contributed by atoms with Crippen LogP contribution in [0.1, 0.15) is 26.3 Å². The Kier molecular flexibility index (Phi) is 5.45. The third kappa shape index (κ3) is 6.29. The normalized spacial score (nSPS) is 11.5. The van der Waals surface area contributed by atoms with Crippen molar-refractivity contribution in [3.05, 3.63) is 29.8 Å². The standard InChI is InChI=1S/C14H24N2O/c1-14(2,3)16-10-9-15-11-12-5-7-13(17-4)8-6-12/h5-8,15-16H,9-11H2,1-4H3. The van der Waals surface area contributed by atoms with Crippen molar-refractivity contribution in [3.63, 3.8) is 0 Å². The van der Waals surface area contributed by atoms with E-state index in [9.17, 15) is 0 Å². The summed E-state index contributed by atoms with van der Waals surface area (Å²) in [6.45, 7) is 9.39. The summed E-state index contributed by atoms with van der Waals surface area (Å²) in [5.74, 6) is 0.906. The molecule has 0 unspecified atom stereocenters. The Balaban J connectivity index is 2.18. The number of ether oxygens (including phenoxy) is 1. The maximum atomic E-state index is 5.12. The first-order valence-electron chi connectivity index (χ1n) is 6.10. The van der Waals surface area contributed by atoms with Gasteiger partial charge in [-0.1, -0.05) is 12.1 Å². The predicted octanol–water partition coefficient (Wildman–Crippen LogP) is 2.17. The number of hydrogen-bond donors (Lipinski definition) is 2. The number of nitrogens with one attached hydrogen (secondary N) is 2. The van der Waals surface area contributed by atoms with Crippen molar-refractivity contribution >= 4 is 0 Å². The number of benzene rings is 1. The van der Waals surface area contributed by atoms with Gasteiger partial charge in [0.05, 0.1) is 7.11 Å². The van der Waals surface area contributed by atoms with E-state index in [4.69, 9.17) is 4.74 Å². The summed E-state index contributed by atoms with van der Waals surface area (Å²) in [7, 11) is 1.69. The Hall–Kier alpha value is -1.06. The second-order valence-electron chi connectivity index (χ2n) is 5.20. The van der Waals surface area contributed by atoms with Gasteiger partial charge in [0.25, 0.3) is 0 Å². The largest absolute Gasteiger partial charge is 0.497 e. The molecule has 0 fully saturated rings. The smallest absolute Gasteiger partial charge is 0.118 e. The average Bonchev–Trinajstić information content (AvgIpc) is 2.28. The van der Waals surface area contributed by atoms with Gasteiger partial charge in [-0.15, -0.1) is 0 Å². The molecule has 0 aromatic heterocycles. The summed E-state index contributed by atoms with van der Waals surface area (Å²) < 4.78 is 5.12. The molecule has 17 heavy (non-hydrogen) atoms. The van der Waals surface area contributed by atoms with Crippen LogP contribution in [0.5, 0.6) is 5.75 Å². The Bertz CT molecular complexity index is 314. The van der Waals surface area contributed by atoms with Crippen LogP contribution in [0.3, 0.4) is 0 Å². The van der Waals surface area contributed by atoms with Crippen molar-refractivity contribution in [2.24, 2.45) is 0 Å². The Morgan fingerprint density at radius 1 is 1.06 bits per heavy atom. The summed E-state index contributed by atoms with van der Waals surface area (Å²) in [5.41, 5.74) is 1.48. The maximum absolute atomic E-state index is 5.12. The second-order valence-corrected chi connectivity index (χ2v) is 5.20. The van der Waals surface area contributed by atoms with Gasteiger partial charge in [-0.3, -0.25) is 0 Å². The van der Waals surface area contributed by atoms with Crippen LogP contribution in [0.4, 0.5) is 0 Å². The quantitative estimate of drug-likeness (QED) is 0.743. The first kappa shape index (κ1) is 14.0. The highest BCUT2D eigenvalue weighted by Crippen LogP contribution is 2.10. The first-order chi connectivity index (χ1) is 8.01. The third-order valence-corrected chi connectivity index (χ3v) is 2.45. The molecule has 0 aliphatic rings. The summed E-state index contributed by atoms with van der Waals surface area (Å²) in [4.78, 5) is 0. The predicted molar refractivity (Wildman–Crippen MR) is 72.5 cm³/mol. The van der Waals surface area contributed by atoms with Gasteiger partial charge >= 0.3 is 0 Å². The molecule has 0 aliphatic heterocycles. The van der Waals surface area contributed by atoms with Gasteiger partial charge in [0.1, 0.15) is 5.75 Å². The topological polar surface area (TPSA) is 33.3 Å². The highest BCUT2D eigenvalue weighted by molar-refractivity contribution is 5.26. The van der Waals surface area contributed by atoms with Crippen LogP contribution in [0.25, 0.3) is 0 Å². The molecular formula is C14H24N2O. The van der Waals surface area contributed by atoms with E-state index in [2.05, 4.69) is 43.5 Å². The van der Waals surface area contributed by atoms with Gasteiger partial charge in [0.2, 0.25) is 0 Å². The number of hydrogen-bond acceptors (Lipinski definition) is 3. The van der Waals surface area contributed by atoms with E-state index < -0.39 is 0 Å². The molecule has 0 amide bonds. The average molecular weight is 236 g/mol. The second kappa shape index (κ2) is 6.62. The van der Waals surface area contributed by atoms with E-state index in [1.54, 1.807) is 7.11 Å². The summed E-state index contributed by atoms with van der Waals surface area (Å²) >= 11 is 0. The molecule has 0 spiro atoms. The van der Waals surface area contributed by atoms with Crippen LogP contribution in [-0.2, 0) is 6.54 Å². The molecule has 0 saturated heterocycles.